The van der Waals surface area contributed by atoms with E-state index in [0.717, 1.165) is 6.20 Å². The van der Waals surface area contributed by atoms with Gasteiger partial charge < -0.3 is 14.8 Å². The molecule has 0 bridgehead atoms. The molecule has 2 heterocycles. The number of nitrogens with zero attached hydrogens (tertiary/aromatic N) is 2. The third kappa shape index (κ3) is 3.08. The molecule has 2 aromatic rings. The van der Waals surface area contributed by atoms with Crippen LogP contribution in [0.25, 0.3) is 0 Å². The van der Waals surface area contributed by atoms with E-state index in [-0.39, 0.29) is 12.2 Å². The summed E-state index contributed by atoms with van der Waals surface area (Å²) in [6, 6.07) is 3.28. The molecular formula is C12H14N4O5. The maximum absolute atomic E-state index is 11.9. The molecule has 0 aromatic carbocycles. The highest BCUT2D eigenvalue weighted by Crippen LogP contribution is 2.22. The van der Waals surface area contributed by atoms with Crippen LogP contribution >= 0.6 is 0 Å². The Morgan fingerprint density at radius 2 is 2.33 bits per heavy atom. The van der Waals surface area contributed by atoms with Crippen LogP contribution in [-0.2, 0) is 5.60 Å². The normalized spacial score (nSPS) is 13.7. The Morgan fingerprint density at radius 1 is 1.62 bits per heavy atom. The Morgan fingerprint density at radius 3 is 2.90 bits per heavy atom. The molecule has 2 rings (SSSR count). The van der Waals surface area contributed by atoms with Crippen LogP contribution in [0.4, 0.5) is 5.69 Å². The quantitative estimate of drug-likeness (QED) is 0.553. The smallest absolute Gasteiger partial charge is 0.319 e. The first-order valence-corrected chi connectivity index (χ1v) is 6.06. The molecule has 9 nitrogen and oxygen atoms in total. The van der Waals surface area contributed by atoms with Crippen molar-refractivity contribution in [2.45, 2.75) is 19.4 Å². The zero-order valence-corrected chi connectivity index (χ0v) is 11.4. The summed E-state index contributed by atoms with van der Waals surface area (Å²) in [4.78, 5) is 21.9. The fourth-order valence-electron chi connectivity index (χ4n) is 1.74. The van der Waals surface area contributed by atoms with Gasteiger partial charge in [0, 0.05) is 0 Å². The molecule has 3 N–H and O–H groups in total. The average Bonchev–Trinajstić information content (AvgIpc) is 3.04. The monoisotopic (exact) mass is 294 g/mol. The highest BCUT2D eigenvalue weighted by molar-refractivity contribution is 5.96. The van der Waals surface area contributed by atoms with Crippen LogP contribution in [-0.4, -0.2) is 32.7 Å². The molecule has 0 spiro atoms. The standard InChI is InChI=1S/C12H14N4O5/c1-7-3-4-9(21-7)12(2,18)6-13-11(17)10-8(16(19)20)5-14-15-10/h3-5,18H,6H2,1-2H3,(H,13,17)(H,14,15). The molecule has 9 heteroatoms. The second-order valence-corrected chi connectivity index (χ2v) is 4.75. The number of carbonyl (C=O) groups is 1. The minimum absolute atomic E-state index is 0.172. The number of H-pyrrole nitrogens is 1. The molecule has 1 atom stereocenters. The lowest BCUT2D eigenvalue weighted by atomic mass is 10.0. The summed E-state index contributed by atoms with van der Waals surface area (Å²) >= 11 is 0. The molecule has 1 amide bonds. The Labute approximate surface area is 119 Å². The molecule has 21 heavy (non-hydrogen) atoms. The number of carbonyl (C=O) groups excluding carboxylic acids is 1. The van der Waals surface area contributed by atoms with Crippen LogP contribution in [0.5, 0.6) is 0 Å². The number of furan rings is 1. The van der Waals surface area contributed by atoms with E-state index in [0.29, 0.717) is 11.5 Å². The SMILES string of the molecule is Cc1ccc(C(C)(O)CNC(=O)c2[nH]ncc2[N+](=O)[O-])o1. The Kier molecular flexibility index (Phi) is 3.76. The van der Waals surface area contributed by atoms with E-state index in [1.54, 1.807) is 19.1 Å². The molecular weight excluding hydrogens is 280 g/mol. The number of hydrogen-bond donors (Lipinski definition) is 3. The van der Waals surface area contributed by atoms with Crippen molar-refractivity contribution in [2.75, 3.05) is 6.54 Å². The van der Waals surface area contributed by atoms with Gasteiger partial charge in [0.05, 0.1) is 11.5 Å². The topological polar surface area (TPSA) is 134 Å². The van der Waals surface area contributed by atoms with Gasteiger partial charge in [-0.25, -0.2) is 0 Å². The van der Waals surface area contributed by atoms with Gasteiger partial charge in [-0.2, -0.15) is 5.10 Å². The second-order valence-electron chi connectivity index (χ2n) is 4.75. The fraction of sp³-hybridized carbons (Fsp3) is 0.333. The molecule has 2 aromatic heterocycles. The number of nitro groups is 1. The minimum atomic E-state index is -1.43. The Hall–Kier alpha value is -2.68. The van der Waals surface area contributed by atoms with E-state index in [2.05, 4.69) is 15.5 Å². The summed E-state index contributed by atoms with van der Waals surface area (Å²) < 4.78 is 5.30. The van der Waals surface area contributed by atoms with Gasteiger partial charge in [-0.15, -0.1) is 0 Å². The van der Waals surface area contributed by atoms with E-state index in [1.807, 2.05) is 0 Å². The summed E-state index contributed by atoms with van der Waals surface area (Å²) in [5.74, 6) is 0.183. The first-order chi connectivity index (χ1) is 9.81. The van der Waals surface area contributed by atoms with Crippen molar-refractivity contribution in [1.29, 1.82) is 0 Å². The van der Waals surface area contributed by atoms with Crippen molar-refractivity contribution in [2.24, 2.45) is 0 Å². The second kappa shape index (κ2) is 5.37. The molecule has 0 radical (unpaired) electrons. The van der Waals surface area contributed by atoms with Crippen LogP contribution in [0.2, 0.25) is 0 Å². The van der Waals surface area contributed by atoms with Gasteiger partial charge in [0.1, 0.15) is 23.3 Å². The van der Waals surface area contributed by atoms with E-state index in [1.165, 1.54) is 6.92 Å². The molecule has 1 unspecified atom stereocenters. The number of aromatic amines is 1. The van der Waals surface area contributed by atoms with Crippen LogP contribution in [0.15, 0.2) is 22.7 Å². The number of aromatic nitrogens is 2. The fourth-order valence-corrected chi connectivity index (χ4v) is 1.74. The summed E-state index contributed by atoms with van der Waals surface area (Å²) in [6.07, 6.45) is 0.947. The highest BCUT2D eigenvalue weighted by atomic mass is 16.6. The van der Waals surface area contributed by atoms with Crippen molar-refractivity contribution in [3.8, 4) is 0 Å². The van der Waals surface area contributed by atoms with Gasteiger partial charge in [0.25, 0.3) is 5.91 Å². The van der Waals surface area contributed by atoms with Crippen molar-refractivity contribution < 1.29 is 19.2 Å². The number of hydrogen-bond acceptors (Lipinski definition) is 6. The maximum Gasteiger partial charge on any atom is 0.319 e. The van der Waals surface area contributed by atoms with E-state index in [9.17, 15) is 20.0 Å². The lowest BCUT2D eigenvalue weighted by Crippen LogP contribution is -2.38. The number of amides is 1. The van der Waals surface area contributed by atoms with Crippen LogP contribution in [0.3, 0.4) is 0 Å². The van der Waals surface area contributed by atoms with Crippen molar-refractivity contribution in [3.05, 3.63) is 45.7 Å². The first kappa shape index (κ1) is 14.7. The van der Waals surface area contributed by atoms with Crippen LogP contribution < -0.4 is 5.32 Å². The maximum atomic E-state index is 11.9. The zero-order chi connectivity index (χ0) is 15.6. The molecule has 112 valence electrons. The van der Waals surface area contributed by atoms with Gasteiger partial charge in [0.2, 0.25) is 5.69 Å². The first-order valence-electron chi connectivity index (χ1n) is 6.06. The van der Waals surface area contributed by atoms with E-state index < -0.39 is 22.1 Å². The highest BCUT2D eigenvalue weighted by Gasteiger charge is 2.29. The van der Waals surface area contributed by atoms with Gasteiger partial charge in [-0.3, -0.25) is 20.0 Å². The molecule has 0 saturated heterocycles. The van der Waals surface area contributed by atoms with Crippen LogP contribution in [0, 0.1) is 17.0 Å². The lowest BCUT2D eigenvalue weighted by molar-refractivity contribution is -0.385. The molecule has 0 fully saturated rings. The predicted octanol–water partition coefficient (Wildman–Crippen LogP) is 0.857. The van der Waals surface area contributed by atoms with Gasteiger partial charge in [-0.1, -0.05) is 0 Å². The zero-order valence-electron chi connectivity index (χ0n) is 11.4. The summed E-state index contributed by atoms with van der Waals surface area (Å²) in [6.45, 7) is 3.02. The predicted molar refractivity (Wildman–Crippen MR) is 70.6 cm³/mol. The van der Waals surface area contributed by atoms with Gasteiger partial charge >= 0.3 is 5.69 Å². The number of aliphatic hydroxyl groups is 1. The van der Waals surface area contributed by atoms with E-state index >= 15 is 0 Å². The Balaban J connectivity index is 2.07. The lowest BCUT2D eigenvalue weighted by Gasteiger charge is -2.20. The van der Waals surface area contributed by atoms with Crippen molar-refractivity contribution in [3.63, 3.8) is 0 Å². The number of rotatable bonds is 5. The van der Waals surface area contributed by atoms with Gasteiger partial charge in [0.15, 0.2) is 0 Å². The molecule has 0 aliphatic rings. The molecule has 0 aliphatic heterocycles. The Bertz CT molecular complexity index is 673. The summed E-state index contributed by atoms with van der Waals surface area (Å²) in [7, 11) is 0. The summed E-state index contributed by atoms with van der Waals surface area (Å²) in [5, 5.41) is 29.1. The number of aryl methyl sites for hydroxylation is 1. The summed E-state index contributed by atoms with van der Waals surface area (Å²) in [5.41, 5.74) is -2.13. The van der Waals surface area contributed by atoms with Crippen molar-refractivity contribution >= 4 is 11.6 Å². The molecule has 0 aliphatic carbocycles. The third-order valence-corrected chi connectivity index (χ3v) is 2.91. The van der Waals surface area contributed by atoms with Gasteiger partial charge in [-0.05, 0) is 26.0 Å². The largest absolute Gasteiger partial charge is 0.463 e. The minimum Gasteiger partial charge on any atom is -0.463 e. The third-order valence-electron chi connectivity index (χ3n) is 2.91. The van der Waals surface area contributed by atoms with Crippen LogP contribution in [0.1, 0.15) is 28.9 Å². The van der Waals surface area contributed by atoms with E-state index in [4.69, 9.17) is 4.42 Å². The van der Waals surface area contributed by atoms with Crippen molar-refractivity contribution in [1.82, 2.24) is 15.5 Å². The molecule has 0 saturated carbocycles. The number of nitrogens with one attached hydrogen (secondary N) is 2. The average molecular weight is 294 g/mol.